The summed E-state index contributed by atoms with van der Waals surface area (Å²) in [5, 5.41) is 25.1. The maximum atomic E-state index is 10.3. The van der Waals surface area contributed by atoms with Crippen molar-refractivity contribution >= 4 is 43.6 Å². The molecule has 8 aromatic carbocycles. The quantitative estimate of drug-likeness (QED) is 0.178. The molecule has 4 heteroatoms. The first-order valence-corrected chi connectivity index (χ1v) is 18.8. The van der Waals surface area contributed by atoms with Gasteiger partial charge in [0.2, 0.25) is 0 Å². The Morgan fingerprint density at radius 3 is 1.50 bits per heavy atom. The Bertz CT molecular complexity index is 3130. The summed E-state index contributed by atoms with van der Waals surface area (Å²) in [4.78, 5) is 0. The van der Waals surface area contributed by atoms with Gasteiger partial charge >= 0.3 is 0 Å². The molecule has 0 amide bonds. The third-order valence-electron chi connectivity index (χ3n) is 11.2. The van der Waals surface area contributed by atoms with Crippen molar-refractivity contribution in [2.24, 2.45) is 0 Å². The minimum Gasteiger partial charge on any atom is -0.309 e. The summed E-state index contributed by atoms with van der Waals surface area (Å²) in [5.41, 5.74) is 15.9. The van der Waals surface area contributed by atoms with E-state index in [1.165, 1.54) is 0 Å². The highest BCUT2D eigenvalue weighted by molar-refractivity contribution is 6.17. The molecule has 0 N–H and O–H groups in total. The van der Waals surface area contributed by atoms with Gasteiger partial charge in [-0.3, -0.25) is 0 Å². The Morgan fingerprint density at radius 2 is 0.929 bits per heavy atom. The fourth-order valence-electron chi connectivity index (χ4n) is 8.71. The third-order valence-corrected chi connectivity index (χ3v) is 11.2. The number of aromatic nitrogens is 2. The van der Waals surface area contributed by atoms with E-state index < -0.39 is 0 Å². The molecule has 2 aromatic heterocycles. The molecule has 4 nitrogen and oxygen atoms in total. The van der Waals surface area contributed by atoms with Crippen LogP contribution in [-0.4, -0.2) is 9.13 Å². The molecule has 0 aliphatic heterocycles. The highest BCUT2D eigenvalue weighted by atomic mass is 15.0. The Morgan fingerprint density at radius 1 is 0.393 bits per heavy atom. The number of fused-ring (bicyclic) bond motifs is 6. The van der Waals surface area contributed by atoms with E-state index in [0.717, 1.165) is 99.5 Å². The predicted octanol–water partition coefficient (Wildman–Crippen LogP) is 13.2. The standard InChI is InChI=1S/C52H34N4/c1-33-12-11-13-34(2)51(33)56-46-19-10-9-18-42(46)43-22-25-49(50(52(43)56)41-27-35(31-53)26-36(28-41)32-54)55-47-23-20-39(37-14-5-3-6-15-37)29-44(47)45-30-40(21-24-48(45)55)38-16-7-4-8-17-38/h3-30H,1-2H3. The lowest BCUT2D eigenvalue weighted by molar-refractivity contribution is 1.11. The van der Waals surface area contributed by atoms with Crippen LogP contribution in [0, 0.1) is 36.5 Å². The highest BCUT2D eigenvalue weighted by Gasteiger charge is 2.25. The minimum atomic E-state index is 0.443. The normalized spacial score (nSPS) is 11.4. The summed E-state index contributed by atoms with van der Waals surface area (Å²) >= 11 is 0. The van der Waals surface area contributed by atoms with Crippen molar-refractivity contribution in [1.29, 1.82) is 10.5 Å². The zero-order valence-electron chi connectivity index (χ0n) is 31.0. The minimum absolute atomic E-state index is 0.443. The highest BCUT2D eigenvalue weighted by Crippen LogP contribution is 2.46. The van der Waals surface area contributed by atoms with Crippen molar-refractivity contribution in [3.63, 3.8) is 0 Å². The Hall–Kier alpha value is -7.66. The van der Waals surface area contributed by atoms with Crippen LogP contribution in [0.3, 0.4) is 0 Å². The first-order valence-electron chi connectivity index (χ1n) is 18.8. The molecule has 10 rings (SSSR count). The van der Waals surface area contributed by atoms with E-state index in [9.17, 15) is 10.5 Å². The molecule has 0 saturated heterocycles. The van der Waals surface area contributed by atoms with Crippen LogP contribution in [0.4, 0.5) is 0 Å². The summed E-state index contributed by atoms with van der Waals surface area (Å²) in [6.45, 7) is 4.33. The molecule has 2 heterocycles. The summed E-state index contributed by atoms with van der Waals surface area (Å²) in [6, 6.07) is 64.3. The predicted molar refractivity (Wildman–Crippen MR) is 230 cm³/mol. The van der Waals surface area contributed by atoms with Crippen LogP contribution in [-0.2, 0) is 0 Å². The lowest BCUT2D eigenvalue weighted by Crippen LogP contribution is -2.04. The molecule has 262 valence electrons. The maximum absolute atomic E-state index is 10.3. The lowest BCUT2D eigenvalue weighted by Gasteiger charge is -2.20. The summed E-state index contributed by atoms with van der Waals surface area (Å²) in [6.07, 6.45) is 0. The van der Waals surface area contributed by atoms with E-state index in [0.29, 0.717) is 11.1 Å². The second-order valence-corrected chi connectivity index (χ2v) is 14.5. The van der Waals surface area contributed by atoms with Crippen LogP contribution in [0.2, 0.25) is 0 Å². The van der Waals surface area contributed by atoms with Crippen molar-refractivity contribution < 1.29 is 0 Å². The zero-order valence-corrected chi connectivity index (χ0v) is 31.0. The Balaban J connectivity index is 1.40. The average Bonchev–Trinajstić information content (AvgIpc) is 3.75. The van der Waals surface area contributed by atoms with E-state index in [4.69, 9.17) is 0 Å². The molecule has 0 saturated carbocycles. The second kappa shape index (κ2) is 13.0. The average molecular weight is 715 g/mol. The van der Waals surface area contributed by atoms with E-state index in [-0.39, 0.29) is 0 Å². The van der Waals surface area contributed by atoms with Gasteiger partial charge in [0.15, 0.2) is 0 Å². The molecule has 0 aliphatic carbocycles. The molecule has 10 aromatic rings. The second-order valence-electron chi connectivity index (χ2n) is 14.5. The molecule has 0 atom stereocenters. The van der Waals surface area contributed by atoms with Gasteiger partial charge in [0.05, 0.1) is 56.7 Å². The smallest absolute Gasteiger partial charge is 0.0992 e. The molecule has 0 spiro atoms. The molecular weight excluding hydrogens is 681 g/mol. The first-order chi connectivity index (χ1) is 27.5. The van der Waals surface area contributed by atoms with Crippen molar-refractivity contribution in [2.45, 2.75) is 13.8 Å². The Kier molecular flexibility index (Phi) is 7.66. The zero-order chi connectivity index (χ0) is 37.9. The van der Waals surface area contributed by atoms with E-state index in [1.54, 1.807) is 6.07 Å². The number of benzene rings is 8. The van der Waals surface area contributed by atoms with Gasteiger partial charge in [-0.15, -0.1) is 0 Å². The van der Waals surface area contributed by atoms with Crippen LogP contribution >= 0.6 is 0 Å². The first kappa shape index (κ1) is 32.9. The third kappa shape index (κ3) is 5.12. The van der Waals surface area contributed by atoms with Crippen molar-refractivity contribution in [3.8, 4) is 56.9 Å². The summed E-state index contributed by atoms with van der Waals surface area (Å²) in [5.74, 6) is 0. The van der Waals surface area contributed by atoms with Crippen molar-refractivity contribution in [3.05, 3.63) is 192 Å². The van der Waals surface area contributed by atoms with Crippen molar-refractivity contribution in [2.75, 3.05) is 0 Å². The number of rotatable bonds is 5. The van der Waals surface area contributed by atoms with E-state index in [2.05, 4.69) is 187 Å². The number of hydrogen-bond donors (Lipinski definition) is 0. The molecule has 0 unspecified atom stereocenters. The van der Waals surface area contributed by atoms with E-state index in [1.807, 2.05) is 12.1 Å². The van der Waals surface area contributed by atoms with E-state index >= 15 is 0 Å². The van der Waals surface area contributed by atoms with Crippen LogP contribution in [0.25, 0.3) is 88.4 Å². The van der Waals surface area contributed by atoms with Gasteiger partial charge in [-0.25, -0.2) is 0 Å². The number of para-hydroxylation sites is 2. The van der Waals surface area contributed by atoms with Crippen LogP contribution in [0.5, 0.6) is 0 Å². The monoisotopic (exact) mass is 714 g/mol. The molecular formula is C52H34N4. The van der Waals surface area contributed by atoms with Crippen molar-refractivity contribution in [1.82, 2.24) is 9.13 Å². The molecule has 0 bridgehead atoms. The molecule has 56 heavy (non-hydrogen) atoms. The number of hydrogen-bond acceptors (Lipinski definition) is 2. The number of nitriles is 2. The lowest BCUT2D eigenvalue weighted by atomic mass is 9.95. The van der Waals surface area contributed by atoms with Gasteiger partial charge in [-0.1, -0.05) is 115 Å². The van der Waals surface area contributed by atoms with Crippen LogP contribution in [0.15, 0.2) is 170 Å². The maximum Gasteiger partial charge on any atom is 0.0992 e. The van der Waals surface area contributed by atoms with Gasteiger partial charge in [0, 0.05) is 27.1 Å². The van der Waals surface area contributed by atoms with Gasteiger partial charge in [-0.05, 0) is 107 Å². The van der Waals surface area contributed by atoms with Gasteiger partial charge in [-0.2, -0.15) is 10.5 Å². The van der Waals surface area contributed by atoms with Gasteiger partial charge in [0.1, 0.15) is 0 Å². The topological polar surface area (TPSA) is 57.4 Å². The number of aryl methyl sites for hydroxylation is 2. The van der Waals surface area contributed by atoms with Gasteiger partial charge in [0.25, 0.3) is 0 Å². The molecule has 0 fully saturated rings. The SMILES string of the molecule is Cc1cccc(C)c1-n1c2ccccc2c2ccc(-n3c4ccc(-c5ccccc5)cc4c4cc(-c5ccccc5)ccc43)c(-c3cc(C#N)cc(C#N)c3)c21. The fourth-order valence-corrected chi connectivity index (χ4v) is 8.71. The molecule has 0 aliphatic rings. The number of nitrogens with zero attached hydrogens (tertiary/aromatic N) is 4. The summed E-state index contributed by atoms with van der Waals surface area (Å²) in [7, 11) is 0. The largest absolute Gasteiger partial charge is 0.309 e. The van der Waals surface area contributed by atoms with Crippen LogP contribution in [0.1, 0.15) is 22.3 Å². The fraction of sp³-hybridized carbons (Fsp3) is 0.0385. The summed E-state index contributed by atoms with van der Waals surface area (Å²) < 4.78 is 4.77. The van der Waals surface area contributed by atoms with Crippen LogP contribution < -0.4 is 0 Å². The Labute approximate surface area is 325 Å². The van der Waals surface area contributed by atoms with Gasteiger partial charge < -0.3 is 9.13 Å². The molecule has 0 radical (unpaired) electrons.